The van der Waals surface area contributed by atoms with Crippen molar-refractivity contribution < 1.29 is 9.84 Å². The molecule has 0 bridgehead atoms. The third-order valence-electron chi connectivity index (χ3n) is 4.59. The van der Waals surface area contributed by atoms with Crippen molar-refractivity contribution in [3.63, 3.8) is 0 Å². The van der Waals surface area contributed by atoms with Gasteiger partial charge in [-0.25, -0.2) is 0 Å². The topological polar surface area (TPSA) is 60.2 Å². The van der Waals surface area contributed by atoms with Gasteiger partial charge in [-0.3, -0.25) is 0 Å². The summed E-state index contributed by atoms with van der Waals surface area (Å²) in [7, 11) is 0. The first-order chi connectivity index (χ1) is 12.3. The minimum atomic E-state index is -1.07. The smallest absolute Gasteiger partial charge is 0.228 e. The number of hydrogen-bond donors (Lipinski definition) is 1. The first-order valence-electron chi connectivity index (χ1n) is 9.27. The zero-order chi connectivity index (χ0) is 17.5. The highest BCUT2D eigenvalue weighted by Crippen LogP contribution is 2.29. The van der Waals surface area contributed by atoms with Gasteiger partial charge in [-0.15, -0.1) is 15.0 Å². The van der Waals surface area contributed by atoms with Gasteiger partial charge in [0, 0.05) is 0 Å². The van der Waals surface area contributed by atoms with Gasteiger partial charge in [0.1, 0.15) is 17.1 Å². The van der Waals surface area contributed by atoms with E-state index in [0.717, 1.165) is 23.9 Å². The van der Waals surface area contributed by atoms with Crippen molar-refractivity contribution in [1.29, 1.82) is 0 Å². The summed E-state index contributed by atoms with van der Waals surface area (Å²) in [6.07, 6.45) is 13.6. The summed E-state index contributed by atoms with van der Waals surface area (Å²) >= 11 is 0. The molecular formula is C20H27N3O2. The number of rotatable bonds is 9. The SMILES string of the molecule is CCCCCCCCOC1(n2nc3ccccc3n2)C=CC=CC1O. The quantitative estimate of drug-likeness (QED) is 0.702. The van der Waals surface area contributed by atoms with Gasteiger partial charge in [0.2, 0.25) is 5.72 Å². The third kappa shape index (κ3) is 3.99. The van der Waals surface area contributed by atoms with E-state index in [1.54, 1.807) is 6.08 Å². The molecule has 5 heteroatoms. The summed E-state index contributed by atoms with van der Waals surface area (Å²) in [5, 5.41) is 19.7. The predicted molar refractivity (Wildman–Crippen MR) is 99.1 cm³/mol. The van der Waals surface area contributed by atoms with Crippen LogP contribution in [0.5, 0.6) is 0 Å². The highest BCUT2D eigenvalue weighted by molar-refractivity contribution is 5.73. The molecule has 0 saturated heterocycles. The number of unbranched alkanes of at least 4 members (excludes halogenated alkanes) is 5. The van der Waals surface area contributed by atoms with Crippen LogP contribution in [0.3, 0.4) is 0 Å². The summed E-state index contributed by atoms with van der Waals surface area (Å²) in [5.41, 5.74) is 0.511. The van der Waals surface area contributed by atoms with Crippen LogP contribution in [-0.4, -0.2) is 32.8 Å². The Balaban J connectivity index is 1.71. The van der Waals surface area contributed by atoms with Crippen molar-refractivity contribution in [2.24, 2.45) is 0 Å². The van der Waals surface area contributed by atoms with E-state index in [2.05, 4.69) is 17.1 Å². The Hall–Kier alpha value is -1.98. The van der Waals surface area contributed by atoms with Gasteiger partial charge in [0.25, 0.3) is 0 Å². The van der Waals surface area contributed by atoms with Crippen LogP contribution in [0.2, 0.25) is 0 Å². The molecule has 5 nitrogen and oxygen atoms in total. The third-order valence-corrected chi connectivity index (χ3v) is 4.59. The Morgan fingerprint density at radius 3 is 2.40 bits per heavy atom. The second kappa shape index (κ2) is 8.41. The van der Waals surface area contributed by atoms with Crippen LogP contribution in [-0.2, 0) is 10.5 Å². The first-order valence-corrected chi connectivity index (χ1v) is 9.27. The van der Waals surface area contributed by atoms with Gasteiger partial charge in [-0.2, -0.15) is 0 Å². The lowest BCUT2D eigenvalue weighted by Crippen LogP contribution is -2.47. The first kappa shape index (κ1) is 17.8. The Labute approximate surface area is 149 Å². The standard InChI is InChI=1S/C20H27N3O2/c1-2-3-4-5-6-11-16-25-20(15-10-9-14-19(20)24)23-21-17-12-7-8-13-18(17)22-23/h7-10,12-15,19,24H,2-6,11,16H2,1H3. The Kier molecular flexibility index (Phi) is 6.00. The Bertz CT molecular complexity index is 704. The molecule has 0 spiro atoms. The molecule has 25 heavy (non-hydrogen) atoms. The fourth-order valence-electron chi connectivity index (χ4n) is 3.11. The summed E-state index contributed by atoms with van der Waals surface area (Å²) in [6, 6.07) is 7.68. The maximum Gasteiger partial charge on any atom is 0.228 e. The number of allylic oxidation sites excluding steroid dienone is 2. The van der Waals surface area contributed by atoms with E-state index in [9.17, 15) is 5.11 Å². The average Bonchev–Trinajstić information content (AvgIpc) is 3.07. The largest absolute Gasteiger partial charge is 0.383 e. The molecule has 134 valence electrons. The number of aliphatic hydroxyl groups excluding tert-OH is 1. The number of ether oxygens (including phenoxy) is 1. The zero-order valence-corrected chi connectivity index (χ0v) is 14.8. The van der Waals surface area contributed by atoms with Crippen molar-refractivity contribution in [2.75, 3.05) is 6.61 Å². The lowest BCUT2D eigenvalue weighted by molar-refractivity contribution is -0.144. The molecule has 0 amide bonds. The Morgan fingerprint density at radius 2 is 1.72 bits per heavy atom. The fraction of sp³-hybridized carbons (Fsp3) is 0.500. The van der Waals surface area contributed by atoms with Gasteiger partial charge < -0.3 is 9.84 Å². The molecule has 2 aromatic rings. The van der Waals surface area contributed by atoms with E-state index in [1.165, 1.54) is 30.5 Å². The van der Waals surface area contributed by atoms with Crippen LogP contribution < -0.4 is 0 Å². The minimum Gasteiger partial charge on any atom is -0.383 e. The summed E-state index contributed by atoms with van der Waals surface area (Å²) in [5.74, 6) is 0. The van der Waals surface area contributed by atoms with E-state index < -0.39 is 11.8 Å². The molecule has 1 heterocycles. The molecule has 1 aliphatic rings. The predicted octanol–water partition coefficient (Wildman–Crippen LogP) is 3.95. The Morgan fingerprint density at radius 1 is 1.04 bits per heavy atom. The van der Waals surface area contributed by atoms with E-state index in [0.29, 0.717) is 6.61 Å². The van der Waals surface area contributed by atoms with Gasteiger partial charge in [-0.1, -0.05) is 69.4 Å². The lowest BCUT2D eigenvalue weighted by Gasteiger charge is -2.34. The lowest BCUT2D eigenvalue weighted by atomic mass is 10.0. The second-order valence-electron chi connectivity index (χ2n) is 6.54. The molecule has 0 radical (unpaired) electrons. The van der Waals surface area contributed by atoms with Crippen LogP contribution >= 0.6 is 0 Å². The molecule has 1 N–H and O–H groups in total. The van der Waals surface area contributed by atoms with Crippen molar-refractivity contribution in [3.8, 4) is 0 Å². The zero-order valence-electron chi connectivity index (χ0n) is 14.8. The van der Waals surface area contributed by atoms with E-state index in [1.807, 2.05) is 42.5 Å². The van der Waals surface area contributed by atoms with Gasteiger partial charge in [0.15, 0.2) is 0 Å². The number of benzene rings is 1. The molecule has 0 aliphatic heterocycles. The molecule has 1 aromatic carbocycles. The van der Waals surface area contributed by atoms with Crippen LogP contribution in [0.25, 0.3) is 11.0 Å². The number of hydrogen-bond acceptors (Lipinski definition) is 4. The normalized spacial score (nSPS) is 22.7. The fourth-order valence-corrected chi connectivity index (χ4v) is 3.11. The minimum absolute atomic E-state index is 0.569. The number of nitrogens with zero attached hydrogens (tertiary/aromatic N) is 3. The summed E-state index contributed by atoms with van der Waals surface area (Å²) in [4.78, 5) is 1.51. The van der Waals surface area contributed by atoms with Gasteiger partial charge in [-0.05, 0) is 24.6 Å². The molecule has 1 aliphatic carbocycles. The molecule has 2 unspecified atom stereocenters. The number of aromatic nitrogens is 3. The molecule has 0 saturated carbocycles. The number of aliphatic hydroxyl groups is 1. The monoisotopic (exact) mass is 341 g/mol. The average molecular weight is 341 g/mol. The maximum absolute atomic E-state index is 10.6. The summed E-state index contributed by atoms with van der Waals surface area (Å²) < 4.78 is 6.15. The second-order valence-corrected chi connectivity index (χ2v) is 6.54. The van der Waals surface area contributed by atoms with Crippen LogP contribution in [0.4, 0.5) is 0 Å². The highest BCUT2D eigenvalue weighted by atomic mass is 16.5. The van der Waals surface area contributed by atoms with Crippen molar-refractivity contribution in [1.82, 2.24) is 15.0 Å². The molecule has 2 atom stereocenters. The maximum atomic E-state index is 10.6. The highest BCUT2D eigenvalue weighted by Gasteiger charge is 2.41. The van der Waals surface area contributed by atoms with Gasteiger partial charge in [0.05, 0.1) is 6.61 Å². The van der Waals surface area contributed by atoms with E-state index in [-0.39, 0.29) is 0 Å². The van der Waals surface area contributed by atoms with Crippen molar-refractivity contribution >= 4 is 11.0 Å². The van der Waals surface area contributed by atoms with Crippen LogP contribution in [0, 0.1) is 0 Å². The number of fused-ring (bicyclic) bond motifs is 1. The van der Waals surface area contributed by atoms with Crippen LogP contribution in [0.1, 0.15) is 45.4 Å². The summed E-state index contributed by atoms with van der Waals surface area (Å²) in [6.45, 7) is 2.79. The van der Waals surface area contributed by atoms with Gasteiger partial charge >= 0.3 is 0 Å². The molecular weight excluding hydrogens is 314 g/mol. The van der Waals surface area contributed by atoms with Crippen molar-refractivity contribution in [2.45, 2.75) is 57.3 Å². The molecule has 0 fully saturated rings. The van der Waals surface area contributed by atoms with Crippen LogP contribution in [0.15, 0.2) is 48.6 Å². The van der Waals surface area contributed by atoms with E-state index in [4.69, 9.17) is 4.74 Å². The van der Waals surface area contributed by atoms with Crippen molar-refractivity contribution in [3.05, 3.63) is 48.6 Å². The molecule has 1 aromatic heterocycles. The molecule has 3 rings (SSSR count). The van der Waals surface area contributed by atoms with E-state index >= 15 is 0 Å².